The Balaban J connectivity index is 2.21. The molecule has 0 atom stereocenters. The maximum absolute atomic E-state index is 12.8. The molecule has 2 aromatic rings. The van der Waals surface area contributed by atoms with Gasteiger partial charge in [-0.15, -0.1) is 0 Å². The number of carbonyl (C=O) groups is 6. The fraction of sp³-hybridized carbons (Fsp3) is 0.226. The zero-order valence-corrected chi connectivity index (χ0v) is 26.2. The van der Waals surface area contributed by atoms with E-state index in [1.807, 2.05) is 0 Å². The quantitative estimate of drug-likeness (QED) is 0.166. The molecule has 0 amide bonds. The molecule has 0 radical (unpaired) electrons. The topological polar surface area (TPSA) is 208 Å². The van der Waals surface area contributed by atoms with Crippen molar-refractivity contribution >= 4 is 76.8 Å². The zero-order chi connectivity index (χ0) is 34.8. The summed E-state index contributed by atoms with van der Waals surface area (Å²) in [5.74, 6) is -5.30. The smallest absolute Gasteiger partial charge is 0.323 e. The van der Waals surface area contributed by atoms with Gasteiger partial charge in [0.2, 0.25) is 0 Å². The van der Waals surface area contributed by atoms with Crippen molar-refractivity contribution < 1.29 is 58.7 Å². The number of ketones is 1. The van der Waals surface area contributed by atoms with E-state index in [0.29, 0.717) is 22.3 Å². The lowest BCUT2D eigenvalue weighted by Crippen LogP contribution is -2.38. The van der Waals surface area contributed by atoms with Crippen LogP contribution in [0.4, 0.5) is 11.4 Å². The van der Waals surface area contributed by atoms with Gasteiger partial charge < -0.3 is 39.7 Å². The number of aromatic hydroxyl groups is 1. The van der Waals surface area contributed by atoms with Crippen LogP contribution in [0.2, 0.25) is 5.02 Å². The van der Waals surface area contributed by atoms with Gasteiger partial charge in [0.25, 0.3) is 12.9 Å². The van der Waals surface area contributed by atoms with Crippen LogP contribution in [-0.4, -0.2) is 83.4 Å². The number of allylic oxidation sites excluding steroid dienone is 5. The number of fused-ring (bicyclic) bond motifs is 2. The van der Waals surface area contributed by atoms with Gasteiger partial charge in [0.1, 0.15) is 31.1 Å². The number of ether oxygens (including phenoxy) is 2. The number of halogens is 2. The van der Waals surface area contributed by atoms with Crippen molar-refractivity contribution in [3.63, 3.8) is 0 Å². The van der Waals surface area contributed by atoms with E-state index in [-0.39, 0.29) is 57.0 Å². The van der Waals surface area contributed by atoms with E-state index in [1.165, 1.54) is 30.4 Å². The molecule has 2 aromatic carbocycles. The zero-order valence-electron chi connectivity index (χ0n) is 24.7. The lowest BCUT2D eigenvalue weighted by atomic mass is 9.64. The number of carboxylic acid groups (broad SMARTS) is 3. The molecule has 0 aliphatic heterocycles. The minimum atomic E-state index is -1.44. The molecule has 0 saturated heterocycles. The average Bonchev–Trinajstić information content (AvgIpc) is 2.97. The van der Waals surface area contributed by atoms with Crippen molar-refractivity contribution in [3.05, 3.63) is 74.3 Å². The van der Waals surface area contributed by atoms with Crippen LogP contribution in [-0.2, 0) is 38.9 Å². The third-order valence-corrected chi connectivity index (χ3v) is 8.12. The van der Waals surface area contributed by atoms with Gasteiger partial charge in [-0.05, 0) is 52.6 Å². The predicted octanol–water partition coefficient (Wildman–Crippen LogP) is 3.30. The monoisotopic (exact) mass is 688 g/mol. The van der Waals surface area contributed by atoms with Crippen molar-refractivity contribution in [2.75, 3.05) is 36.2 Å². The molecular formula is C31H26Cl2N2O12. The van der Waals surface area contributed by atoms with Gasteiger partial charge in [0.15, 0.2) is 12.5 Å². The Labute approximate surface area is 276 Å². The highest BCUT2D eigenvalue weighted by Gasteiger charge is 2.41. The molecule has 4 N–H and O–H groups in total. The number of nitrogens with zero attached hydrogens (tertiary/aromatic N) is 2. The normalized spacial score (nSPS) is 14.6. The standard InChI is InChI=1S/C31H26Cl2N2O12/c1-31(2)18-6-24(38)20(32)3-15(18)30(16-4-21(33)25(39)7-19(16)31)17-5-22(34(9-27(40)41)10-28(42)43)23(8-26(17)47-14-37)35(11-29(44)45)12-46-13-36/h3-8,13-14,38H,9-12H2,1-2H3,(H,40,41)(H,42,43)(H,44,45). The van der Waals surface area contributed by atoms with Crippen LogP contribution >= 0.6 is 23.2 Å². The van der Waals surface area contributed by atoms with E-state index >= 15 is 0 Å². The van der Waals surface area contributed by atoms with Crippen molar-refractivity contribution in [1.29, 1.82) is 0 Å². The van der Waals surface area contributed by atoms with Crippen LogP contribution < -0.4 is 14.5 Å². The number of carboxylic acids is 3. The molecule has 0 aromatic heterocycles. The number of phenols is 1. The maximum atomic E-state index is 12.8. The second-order valence-corrected chi connectivity index (χ2v) is 11.7. The lowest BCUT2D eigenvalue weighted by molar-refractivity contribution is -0.137. The van der Waals surface area contributed by atoms with Crippen molar-refractivity contribution in [1.82, 2.24) is 0 Å². The molecular weight excluding hydrogens is 663 g/mol. The minimum absolute atomic E-state index is 0.0395. The molecule has 0 unspecified atom stereocenters. The van der Waals surface area contributed by atoms with Crippen molar-refractivity contribution in [2.24, 2.45) is 0 Å². The first-order valence-corrected chi connectivity index (χ1v) is 14.3. The Kier molecular flexibility index (Phi) is 9.97. The van der Waals surface area contributed by atoms with Gasteiger partial charge in [-0.3, -0.25) is 28.8 Å². The van der Waals surface area contributed by atoms with Crippen LogP contribution in [0.5, 0.6) is 11.5 Å². The lowest BCUT2D eigenvalue weighted by Gasteiger charge is -2.40. The summed E-state index contributed by atoms with van der Waals surface area (Å²) >= 11 is 12.7. The first-order valence-electron chi connectivity index (χ1n) is 13.5. The Hall–Kier alpha value is -5.34. The summed E-state index contributed by atoms with van der Waals surface area (Å²) in [5, 5.41) is 39.3. The molecule has 47 heavy (non-hydrogen) atoms. The number of aliphatic carboxylic acids is 3. The SMILES string of the molecule is CC1(C)C2=CC(=O)C(Cl)=CC2=C(c2cc(N(CC(=O)O)CC(=O)O)c(N(COC=O)CC(=O)O)cc2OC=O)c2cc(Cl)c(O)cc21. The van der Waals surface area contributed by atoms with Gasteiger partial charge in [0, 0.05) is 22.6 Å². The Morgan fingerprint density at radius 1 is 0.851 bits per heavy atom. The molecule has 4 rings (SSSR count). The van der Waals surface area contributed by atoms with Gasteiger partial charge >= 0.3 is 17.9 Å². The predicted molar refractivity (Wildman–Crippen MR) is 167 cm³/mol. The maximum Gasteiger partial charge on any atom is 0.323 e. The summed E-state index contributed by atoms with van der Waals surface area (Å²) < 4.78 is 10.2. The second kappa shape index (κ2) is 13.6. The summed E-state index contributed by atoms with van der Waals surface area (Å²) in [6, 6.07) is 5.27. The Bertz CT molecular complexity index is 1800. The van der Waals surface area contributed by atoms with E-state index in [2.05, 4.69) is 0 Å². The summed E-state index contributed by atoms with van der Waals surface area (Å²) in [7, 11) is 0. The number of hydrogen-bond donors (Lipinski definition) is 4. The summed E-state index contributed by atoms with van der Waals surface area (Å²) in [6.07, 6.45) is 2.70. The minimum Gasteiger partial charge on any atom is -0.506 e. The van der Waals surface area contributed by atoms with E-state index < -0.39 is 55.5 Å². The van der Waals surface area contributed by atoms with Crippen LogP contribution in [0.1, 0.15) is 30.5 Å². The highest BCUT2D eigenvalue weighted by Crippen LogP contribution is 2.54. The number of rotatable bonds is 14. The van der Waals surface area contributed by atoms with Gasteiger partial charge in [-0.1, -0.05) is 37.0 Å². The largest absolute Gasteiger partial charge is 0.506 e. The first kappa shape index (κ1) is 34.5. The molecule has 246 valence electrons. The summed E-state index contributed by atoms with van der Waals surface area (Å²) in [5.41, 5.74) is 0.658. The number of benzene rings is 2. The number of carbonyl (C=O) groups excluding carboxylic acids is 3. The first-order chi connectivity index (χ1) is 22.1. The Morgan fingerprint density at radius 3 is 2.02 bits per heavy atom. The molecule has 0 saturated carbocycles. The van der Waals surface area contributed by atoms with Gasteiger partial charge in [0.05, 0.1) is 21.4 Å². The fourth-order valence-electron chi connectivity index (χ4n) is 5.59. The third-order valence-electron chi connectivity index (χ3n) is 7.52. The fourth-order valence-corrected chi connectivity index (χ4v) is 5.92. The second-order valence-electron chi connectivity index (χ2n) is 10.9. The van der Waals surface area contributed by atoms with E-state index in [0.717, 1.165) is 15.9 Å². The molecule has 2 aliphatic carbocycles. The van der Waals surface area contributed by atoms with E-state index in [1.54, 1.807) is 13.8 Å². The molecule has 0 spiro atoms. The van der Waals surface area contributed by atoms with E-state index in [9.17, 15) is 49.2 Å². The molecule has 0 bridgehead atoms. The van der Waals surface area contributed by atoms with Crippen LogP contribution in [0, 0.1) is 0 Å². The summed E-state index contributed by atoms with van der Waals surface area (Å²) in [4.78, 5) is 73.2. The number of anilines is 2. The molecule has 16 heteroatoms. The van der Waals surface area contributed by atoms with Crippen LogP contribution in [0.25, 0.3) is 5.57 Å². The van der Waals surface area contributed by atoms with Crippen molar-refractivity contribution in [3.8, 4) is 11.5 Å². The van der Waals surface area contributed by atoms with Crippen LogP contribution in [0.3, 0.4) is 0 Å². The van der Waals surface area contributed by atoms with E-state index in [4.69, 9.17) is 32.7 Å². The molecule has 2 aliphatic rings. The number of hydrogen-bond acceptors (Lipinski definition) is 11. The van der Waals surface area contributed by atoms with Crippen LogP contribution in [0.15, 0.2) is 52.6 Å². The highest BCUT2D eigenvalue weighted by atomic mass is 35.5. The van der Waals surface area contributed by atoms with Gasteiger partial charge in [-0.25, -0.2) is 0 Å². The van der Waals surface area contributed by atoms with Crippen molar-refractivity contribution in [2.45, 2.75) is 19.3 Å². The Morgan fingerprint density at radius 2 is 1.45 bits per heavy atom. The molecule has 0 fully saturated rings. The molecule has 0 heterocycles. The third kappa shape index (κ3) is 6.93. The molecule has 14 nitrogen and oxygen atoms in total. The average molecular weight is 689 g/mol. The van der Waals surface area contributed by atoms with Gasteiger partial charge in [-0.2, -0.15) is 0 Å². The number of phenolic OH excluding ortho intramolecular Hbond substituents is 1. The summed E-state index contributed by atoms with van der Waals surface area (Å²) in [6.45, 7) is 0.427. The highest BCUT2D eigenvalue weighted by molar-refractivity contribution is 6.45.